The van der Waals surface area contributed by atoms with E-state index in [0.29, 0.717) is 12.4 Å². The van der Waals surface area contributed by atoms with Gasteiger partial charge in [-0.15, -0.1) is 0 Å². The molecule has 1 rings (SSSR count). The maximum atomic E-state index is 11.8. The first-order chi connectivity index (χ1) is 7.47. The van der Waals surface area contributed by atoms with Gasteiger partial charge in [0.2, 0.25) is 0 Å². The molecule has 0 fully saturated rings. The standard InChI is InChI=1S/C11H14O4S/c1-3-15-10-6-4-5-7-11(10)16(13,14)8-9(2)12/h4-7H,3,8H2,1-2H3. The summed E-state index contributed by atoms with van der Waals surface area (Å²) in [4.78, 5) is 11.0. The normalized spacial score (nSPS) is 11.1. The van der Waals surface area contributed by atoms with Gasteiger partial charge >= 0.3 is 0 Å². The van der Waals surface area contributed by atoms with E-state index in [4.69, 9.17) is 4.74 Å². The molecular weight excluding hydrogens is 228 g/mol. The van der Waals surface area contributed by atoms with E-state index in [1.165, 1.54) is 13.0 Å². The minimum Gasteiger partial charge on any atom is -0.493 e. The molecule has 1 aromatic rings. The molecule has 0 N–H and O–H groups in total. The van der Waals surface area contributed by atoms with Crippen LogP contribution in [0.5, 0.6) is 5.75 Å². The van der Waals surface area contributed by atoms with Crippen molar-refractivity contribution in [3.05, 3.63) is 24.3 Å². The minimum atomic E-state index is -3.59. The molecule has 88 valence electrons. The molecule has 0 aliphatic carbocycles. The number of benzene rings is 1. The molecule has 0 aromatic heterocycles. The lowest BCUT2D eigenvalue weighted by atomic mass is 10.3. The number of para-hydroxylation sites is 1. The second kappa shape index (κ2) is 5.12. The topological polar surface area (TPSA) is 60.4 Å². The summed E-state index contributed by atoms with van der Waals surface area (Å²) >= 11 is 0. The van der Waals surface area contributed by atoms with Crippen LogP contribution in [0.4, 0.5) is 0 Å². The fraction of sp³-hybridized carbons (Fsp3) is 0.364. The maximum absolute atomic E-state index is 11.8. The van der Waals surface area contributed by atoms with Crippen LogP contribution >= 0.6 is 0 Å². The fourth-order valence-corrected chi connectivity index (χ4v) is 2.74. The number of Topliss-reactive ketones (excluding diaryl/α,β-unsaturated/α-hetero) is 1. The van der Waals surface area contributed by atoms with Crippen molar-refractivity contribution in [1.29, 1.82) is 0 Å². The van der Waals surface area contributed by atoms with Gasteiger partial charge in [-0.2, -0.15) is 0 Å². The van der Waals surface area contributed by atoms with Crippen LogP contribution in [0.25, 0.3) is 0 Å². The zero-order valence-electron chi connectivity index (χ0n) is 9.26. The molecule has 5 heteroatoms. The first-order valence-corrected chi connectivity index (χ1v) is 6.56. The average Bonchev–Trinajstić information content (AvgIpc) is 2.17. The summed E-state index contributed by atoms with van der Waals surface area (Å²) in [6.45, 7) is 3.40. The van der Waals surface area contributed by atoms with E-state index in [0.717, 1.165) is 0 Å². The number of ketones is 1. The summed E-state index contributed by atoms with van der Waals surface area (Å²) in [6, 6.07) is 6.33. The highest BCUT2D eigenvalue weighted by Crippen LogP contribution is 2.24. The van der Waals surface area contributed by atoms with E-state index in [1.54, 1.807) is 25.1 Å². The zero-order valence-corrected chi connectivity index (χ0v) is 10.1. The smallest absolute Gasteiger partial charge is 0.189 e. The lowest BCUT2D eigenvalue weighted by Crippen LogP contribution is -2.14. The summed E-state index contributed by atoms with van der Waals surface area (Å²) in [7, 11) is -3.59. The van der Waals surface area contributed by atoms with Crippen molar-refractivity contribution in [3.8, 4) is 5.75 Å². The molecule has 0 aliphatic rings. The third kappa shape index (κ3) is 3.06. The van der Waals surface area contributed by atoms with Gasteiger partial charge in [-0.25, -0.2) is 8.42 Å². The van der Waals surface area contributed by atoms with Gasteiger partial charge in [-0.3, -0.25) is 4.79 Å². The van der Waals surface area contributed by atoms with Crippen LogP contribution in [-0.4, -0.2) is 26.6 Å². The Hall–Kier alpha value is -1.36. The van der Waals surface area contributed by atoms with Crippen molar-refractivity contribution in [1.82, 2.24) is 0 Å². The van der Waals surface area contributed by atoms with Gasteiger partial charge in [-0.1, -0.05) is 12.1 Å². The van der Waals surface area contributed by atoms with E-state index in [-0.39, 0.29) is 10.7 Å². The average molecular weight is 242 g/mol. The lowest BCUT2D eigenvalue weighted by molar-refractivity contribution is -0.114. The number of carbonyl (C=O) groups excluding carboxylic acids is 1. The van der Waals surface area contributed by atoms with Crippen molar-refractivity contribution in [2.24, 2.45) is 0 Å². The minimum absolute atomic E-state index is 0.0760. The highest BCUT2D eigenvalue weighted by molar-refractivity contribution is 7.92. The predicted molar refractivity (Wildman–Crippen MR) is 60.3 cm³/mol. The Morgan fingerprint density at radius 1 is 1.31 bits per heavy atom. The Morgan fingerprint density at radius 3 is 2.50 bits per heavy atom. The Balaban J connectivity index is 3.16. The van der Waals surface area contributed by atoms with Gasteiger partial charge in [0.15, 0.2) is 9.84 Å². The summed E-state index contributed by atoms with van der Waals surface area (Å²) in [5, 5.41) is 0. The van der Waals surface area contributed by atoms with Crippen LogP contribution in [0.2, 0.25) is 0 Å². The Labute approximate surface area is 95.2 Å². The Morgan fingerprint density at radius 2 is 1.94 bits per heavy atom. The molecule has 0 amide bonds. The van der Waals surface area contributed by atoms with Gasteiger partial charge in [0.1, 0.15) is 22.2 Å². The van der Waals surface area contributed by atoms with Crippen LogP contribution in [-0.2, 0) is 14.6 Å². The molecule has 4 nitrogen and oxygen atoms in total. The quantitative estimate of drug-likeness (QED) is 0.784. The maximum Gasteiger partial charge on any atom is 0.189 e. The van der Waals surface area contributed by atoms with Gasteiger partial charge in [0.25, 0.3) is 0 Å². The molecule has 1 aromatic carbocycles. The van der Waals surface area contributed by atoms with Crippen molar-refractivity contribution < 1.29 is 17.9 Å². The predicted octanol–water partition coefficient (Wildman–Crippen LogP) is 1.45. The monoisotopic (exact) mass is 242 g/mol. The molecule has 0 saturated heterocycles. The van der Waals surface area contributed by atoms with Gasteiger partial charge in [-0.05, 0) is 26.0 Å². The molecule has 16 heavy (non-hydrogen) atoms. The Kier molecular flexibility index (Phi) is 4.06. The first-order valence-electron chi connectivity index (χ1n) is 4.91. The number of hydrogen-bond acceptors (Lipinski definition) is 4. The van der Waals surface area contributed by atoms with Crippen LogP contribution in [0.3, 0.4) is 0 Å². The van der Waals surface area contributed by atoms with Gasteiger partial charge in [0.05, 0.1) is 6.61 Å². The van der Waals surface area contributed by atoms with Gasteiger partial charge < -0.3 is 4.74 Å². The van der Waals surface area contributed by atoms with Crippen molar-refractivity contribution in [3.63, 3.8) is 0 Å². The third-order valence-electron chi connectivity index (χ3n) is 1.88. The fourth-order valence-electron chi connectivity index (χ4n) is 1.33. The van der Waals surface area contributed by atoms with Gasteiger partial charge in [0, 0.05) is 0 Å². The highest BCUT2D eigenvalue weighted by atomic mass is 32.2. The first kappa shape index (κ1) is 12.7. The molecule has 0 aliphatic heterocycles. The molecule has 0 atom stereocenters. The second-order valence-corrected chi connectivity index (χ2v) is 5.30. The van der Waals surface area contributed by atoms with E-state index in [1.807, 2.05) is 0 Å². The van der Waals surface area contributed by atoms with Crippen LogP contribution in [0.1, 0.15) is 13.8 Å². The summed E-state index contributed by atoms with van der Waals surface area (Å²) in [5.41, 5.74) is 0. The third-order valence-corrected chi connectivity index (χ3v) is 3.67. The molecule has 0 spiro atoms. The summed E-state index contributed by atoms with van der Waals surface area (Å²) in [5.74, 6) is -0.575. The lowest BCUT2D eigenvalue weighted by Gasteiger charge is -2.09. The van der Waals surface area contributed by atoms with Crippen molar-refractivity contribution >= 4 is 15.6 Å². The zero-order chi connectivity index (χ0) is 12.2. The van der Waals surface area contributed by atoms with Crippen molar-refractivity contribution in [2.45, 2.75) is 18.7 Å². The molecular formula is C11H14O4S. The number of ether oxygens (including phenoxy) is 1. The molecule has 0 radical (unpaired) electrons. The van der Waals surface area contributed by atoms with E-state index < -0.39 is 15.6 Å². The Bertz CT molecular complexity index is 477. The number of sulfone groups is 1. The largest absolute Gasteiger partial charge is 0.493 e. The molecule has 0 heterocycles. The number of hydrogen-bond donors (Lipinski definition) is 0. The number of carbonyl (C=O) groups is 1. The van der Waals surface area contributed by atoms with E-state index in [9.17, 15) is 13.2 Å². The molecule has 0 unspecified atom stereocenters. The second-order valence-electron chi connectivity index (χ2n) is 3.34. The summed E-state index contributed by atoms with van der Waals surface area (Å²) in [6.07, 6.45) is 0. The van der Waals surface area contributed by atoms with E-state index in [2.05, 4.69) is 0 Å². The van der Waals surface area contributed by atoms with Crippen molar-refractivity contribution in [2.75, 3.05) is 12.4 Å². The summed E-state index contributed by atoms with van der Waals surface area (Å²) < 4.78 is 28.9. The van der Waals surface area contributed by atoms with Crippen LogP contribution in [0, 0.1) is 0 Å². The van der Waals surface area contributed by atoms with Crippen LogP contribution in [0.15, 0.2) is 29.2 Å². The molecule has 0 saturated carbocycles. The SMILES string of the molecule is CCOc1ccccc1S(=O)(=O)CC(C)=O. The number of rotatable bonds is 5. The highest BCUT2D eigenvalue weighted by Gasteiger charge is 2.20. The molecule has 0 bridgehead atoms. The van der Waals surface area contributed by atoms with Crippen LogP contribution < -0.4 is 4.74 Å². The van der Waals surface area contributed by atoms with E-state index >= 15 is 0 Å².